The van der Waals surface area contributed by atoms with E-state index < -0.39 is 0 Å². The van der Waals surface area contributed by atoms with Gasteiger partial charge in [0, 0.05) is 0 Å². The molecule has 164 valence electrons. The first-order chi connectivity index (χ1) is 14.9. The highest BCUT2D eigenvalue weighted by Gasteiger charge is 2.34. The van der Waals surface area contributed by atoms with Crippen molar-refractivity contribution < 1.29 is 23.8 Å². The van der Waals surface area contributed by atoms with Gasteiger partial charge in [-0.1, -0.05) is 25.1 Å². The summed E-state index contributed by atoms with van der Waals surface area (Å²) in [4.78, 5) is 26.7. The molecule has 0 aromatic heterocycles. The van der Waals surface area contributed by atoms with E-state index in [4.69, 9.17) is 14.2 Å². The maximum Gasteiger partial charge on any atom is 0.293 e. The van der Waals surface area contributed by atoms with Crippen LogP contribution in [-0.4, -0.2) is 42.9 Å². The number of carbonyl (C=O) groups is 2. The van der Waals surface area contributed by atoms with Crippen molar-refractivity contribution in [2.45, 2.75) is 27.2 Å². The lowest BCUT2D eigenvalue weighted by Gasteiger charge is -2.14. The lowest BCUT2D eigenvalue weighted by atomic mass is 10.1. The molecule has 7 heteroatoms. The van der Waals surface area contributed by atoms with Crippen LogP contribution in [0.1, 0.15) is 30.0 Å². The van der Waals surface area contributed by atoms with Gasteiger partial charge < -0.3 is 14.2 Å². The highest BCUT2D eigenvalue weighted by atomic mass is 32.2. The molecule has 1 aliphatic heterocycles. The summed E-state index contributed by atoms with van der Waals surface area (Å²) in [5.41, 5.74) is 2.87. The molecule has 3 rings (SSSR count). The van der Waals surface area contributed by atoms with Crippen molar-refractivity contribution in [2.75, 3.05) is 26.9 Å². The first kappa shape index (κ1) is 22.7. The third-order valence-corrected chi connectivity index (χ3v) is 5.64. The minimum atomic E-state index is -0.315. The van der Waals surface area contributed by atoms with Crippen LogP contribution in [0.3, 0.4) is 0 Å². The smallest absolute Gasteiger partial charge is 0.293 e. The van der Waals surface area contributed by atoms with Crippen molar-refractivity contribution in [2.24, 2.45) is 0 Å². The molecule has 0 bridgehead atoms. The van der Waals surface area contributed by atoms with Crippen LogP contribution in [0, 0.1) is 13.8 Å². The van der Waals surface area contributed by atoms with Gasteiger partial charge in [-0.15, -0.1) is 0 Å². The van der Waals surface area contributed by atoms with Gasteiger partial charge in [0.1, 0.15) is 12.4 Å². The minimum absolute atomic E-state index is 0.197. The van der Waals surface area contributed by atoms with E-state index in [9.17, 15) is 9.59 Å². The van der Waals surface area contributed by atoms with Crippen LogP contribution < -0.4 is 14.2 Å². The lowest BCUT2D eigenvalue weighted by molar-refractivity contribution is -0.123. The number of carbonyl (C=O) groups excluding carboxylic acids is 2. The first-order valence-corrected chi connectivity index (χ1v) is 11.0. The van der Waals surface area contributed by atoms with Crippen molar-refractivity contribution >= 4 is 29.0 Å². The van der Waals surface area contributed by atoms with Gasteiger partial charge in [-0.3, -0.25) is 14.5 Å². The molecule has 0 atom stereocenters. The van der Waals surface area contributed by atoms with Crippen LogP contribution >= 0.6 is 11.8 Å². The van der Waals surface area contributed by atoms with E-state index in [2.05, 4.69) is 0 Å². The van der Waals surface area contributed by atoms with E-state index in [0.29, 0.717) is 23.0 Å². The molecule has 2 aromatic rings. The summed E-state index contributed by atoms with van der Waals surface area (Å²) < 4.78 is 16.8. The Kier molecular flexibility index (Phi) is 7.63. The van der Waals surface area contributed by atoms with Crippen LogP contribution in [0.4, 0.5) is 4.79 Å². The topological polar surface area (TPSA) is 65.1 Å². The van der Waals surface area contributed by atoms with Gasteiger partial charge in [0.2, 0.25) is 0 Å². The van der Waals surface area contributed by atoms with Crippen LogP contribution in [0.2, 0.25) is 0 Å². The Morgan fingerprint density at radius 1 is 0.968 bits per heavy atom. The average molecular weight is 442 g/mol. The number of imide groups is 1. The standard InChI is InChI=1S/C24H27NO5S/c1-5-11-29-19-9-8-18(14-21(19)28-4)15-22-23(26)25(24(27)31-22)10-12-30-20-13-16(2)6-7-17(20)3/h6-9,13-15H,5,10-12H2,1-4H3/b22-15-. The highest BCUT2D eigenvalue weighted by Crippen LogP contribution is 2.34. The van der Waals surface area contributed by atoms with Gasteiger partial charge in [0.25, 0.3) is 11.1 Å². The summed E-state index contributed by atoms with van der Waals surface area (Å²) in [5, 5.41) is -0.296. The van der Waals surface area contributed by atoms with Gasteiger partial charge >= 0.3 is 0 Å². The predicted molar refractivity (Wildman–Crippen MR) is 123 cm³/mol. The fourth-order valence-corrected chi connectivity index (χ4v) is 3.92. The molecule has 31 heavy (non-hydrogen) atoms. The predicted octanol–water partition coefficient (Wildman–Crippen LogP) is 5.22. The van der Waals surface area contributed by atoms with E-state index in [1.807, 2.05) is 51.1 Å². The van der Waals surface area contributed by atoms with Gasteiger partial charge in [0.05, 0.1) is 25.2 Å². The maximum atomic E-state index is 12.8. The van der Waals surface area contributed by atoms with Crippen molar-refractivity contribution in [1.82, 2.24) is 4.90 Å². The zero-order chi connectivity index (χ0) is 22.4. The molecule has 1 saturated heterocycles. The molecule has 6 nitrogen and oxygen atoms in total. The van der Waals surface area contributed by atoms with E-state index in [-0.39, 0.29) is 24.3 Å². The molecule has 0 unspecified atom stereocenters. The van der Waals surface area contributed by atoms with Crippen molar-refractivity contribution in [3.05, 3.63) is 58.0 Å². The van der Waals surface area contributed by atoms with Crippen LogP contribution in [-0.2, 0) is 4.79 Å². The summed E-state index contributed by atoms with van der Waals surface area (Å²) in [6.07, 6.45) is 2.59. The second-order valence-electron chi connectivity index (χ2n) is 7.21. The third kappa shape index (κ3) is 5.61. The Morgan fingerprint density at radius 2 is 1.74 bits per heavy atom. The molecular weight excluding hydrogens is 414 g/mol. The van der Waals surface area contributed by atoms with Gasteiger partial charge in [0.15, 0.2) is 11.5 Å². The summed E-state index contributed by atoms with van der Waals surface area (Å²) in [6, 6.07) is 11.4. The second-order valence-corrected chi connectivity index (χ2v) is 8.20. The van der Waals surface area contributed by atoms with Gasteiger partial charge in [-0.05, 0) is 73.0 Å². The number of hydrogen-bond donors (Lipinski definition) is 0. The van der Waals surface area contributed by atoms with Gasteiger partial charge in [-0.25, -0.2) is 0 Å². The summed E-state index contributed by atoms with van der Waals surface area (Å²) >= 11 is 0.931. The maximum absolute atomic E-state index is 12.8. The van der Waals surface area contributed by atoms with Crippen LogP contribution in [0.25, 0.3) is 6.08 Å². The molecular formula is C24H27NO5S. The molecule has 0 N–H and O–H groups in total. The summed E-state index contributed by atoms with van der Waals surface area (Å²) in [6.45, 7) is 7.02. The Hall–Kier alpha value is -2.93. The quantitative estimate of drug-likeness (QED) is 0.498. The number of hydrogen-bond acceptors (Lipinski definition) is 6. The van der Waals surface area contributed by atoms with E-state index in [0.717, 1.165) is 40.6 Å². The fourth-order valence-electron chi connectivity index (χ4n) is 3.06. The number of aryl methyl sites for hydroxylation is 2. The Labute approximate surface area is 187 Å². The van der Waals surface area contributed by atoms with Crippen LogP contribution in [0.15, 0.2) is 41.3 Å². The largest absolute Gasteiger partial charge is 0.493 e. The highest BCUT2D eigenvalue weighted by molar-refractivity contribution is 8.18. The number of benzene rings is 2. The van der Waals surface area contributed by atoms with Crippen molar-refractivity contribution in [1.29, 1.82) is 0 Å². The number of nitrogens with zero attached hydrogens (tertiary/aromatic N) is 1. The lowest BCUT2D eigenvalue weighted by Crippen LogP contribution is -2.32. The summed E-state index contributed by atoms with van der Waals surface area (Å²) in [7, 11) is 1.57. The molecule has 0 saturated carbocycles. The molecule has 2 amide bonds. The normalized spacial score (nSPS) is 15.0. The Morgan fingerprint density at radius 3 is 2.48 bits per heavy atom. The van der Waals surface area contributed by atoms with E-state index >= 15 is 0 Å². The monoisotopic (exact) mass is 441 g/mol. The van der Waals surface area contributed by atoms with Crippen LogP contribution in [0.5, 0.6) is 17.2 Å². The van der Waals surface area contributed by atoms with Gasteiger partial charge in [-0.2, -0.15) is 0 Å². The average Bonchev–Trinajstić information content (AvgIpc) is 3.02. The van der Waals surface area contributed by atoms with E-state index in [1.54, 1.807) is 19.3 Å². The number of thioether (sulfide) groups is 1. The molecule has 0 aliphatic carbocycles. The van der Waals surface area contributed by atoms with E-state index in [1.165, 1.54) is 4.90 Å². The zero-order valence-corrected chi connectivity index (χ0v) is 19.1. The molecule has 1 heterocycles. The Bertz CT molecular complexity index is 1000. The fraction of sp³-hybridized carbons (Fsp3) is 0.333. The minimum Gasteiger partial charge on any atom is -0.493 e. The molecule has 0 spiro atoms. The second kappa shape index (κ2) is 10.4. The molecule has 1 fully saturated rings. The SMILES string of the molecule is CCCOc1ccc(/C=C2\SC(=O)N(CCOc3cc(C)ccc3C)C2=O)cc1OC. The summed E-state index contributed by atoms with van der Waals surface area (Å²) in [5.74, 6) is 1.69. The number of methoxy groups -OCH3 is 1. The Balaban J connectivity index is 1.66. The zero-order valence-electron chi connectivity index (χ0n) is 18.3. The number of rotatable bonds is 9. The van der Waals surface area contributed by atoms with Crippen molar-refractivity contribution in [3.8, 4) is 17.2 Å². The number of ether oxygens (including phenoxy) is 3. The molecule has 2 aromatic carbocycles. The third-order valence-electron chi connectivity index (χ3n) is 4.74. The first-order valence-electron chi connectivity index (χ1n) is 10.2. The van der Waals surface area contributed by atoms with Crippen molar-refractivity contribution in [3.63, 3.8) is 0 Å². The molecule has 0 radical (unpaired) electrons. The number of amides is 2. The molecule has 1 aliphatic rings.